The molecule has 1 aromatic heterocycles. The zero-order valence-corrected chi connectivity index (χ0v) is 27.5. The molecular formula is C36H45N5O3S. The van der Waals surface area contributed by atoms with E-state index in [1.165, 1.54) is 5.56 Å². The molecule has 0 spiro atoms. The van der Waals surface area contributed by atoms with Crippen LogP contribution in [-0.4, -0.2) is 86.8 Å². The molecule has 9 heteroatoms. The maximum atomic E-state index is 13.8. The van der Waals surface area contributed by atoms with Gasteiger partial charge in [0.05, 0.1) is 24.8 Å². The Labute approximate surface area is 271 Å². The number of aliphatic hydroxyl groups is 1. The number of likely N-dealkylation sites (tertiary alicyclic amines) is 1. The summed E-state index contributed by atoms with van der Waals surface area (Å²) in [6.07, 6.45) is 3.14. The van der Waals surface area contributed by atoms with Gasteiger partial charge in [0.2, 0.25) is 0 Å². The molecule has 8 nitrogen and oxygen atoms in total. The van der Waals surface area contributed by atoms with Crippen molar-refractivity contribution < 1.29 is 14.5 Å². The van der Waals surface area contributed by atoms with Crippen molar-refractivity contribution >= 4 is 17.3 Å². The van der Waals surface area contributed by atoms with Gasteiger partial charge in [-0.1, -0.05) is 67.6 Å². The van der Waals surface area contributed by atoms with Crippen molar-refractivity contribution in [3.8, 4) is 23.1 Å². The van der Waals surface area contributed by atoms with Crippen molar-refractivity contribution in [2.24, 2.45) is 0 Å². The van der Waals surface area contributed by atoms with Crippen LogP contribution in [0.2, 0.25) is 0 Å². The number of unbranched alkanes of at least 4 members (excludes halogenated alkanes) is 1. The van der Waals surface area contributed by atoms with Crippen LogP contribution in [0.4, 0.5) is 0 Å². The van der Waals surface area contributed by atoms with Gasteiger partial charge in [-0.3, -0.25) is 14.6 Å². The number of rotatable bonds is 12. The molecule has 1 fully saturated rings. The monoisotopic (exact) mass is 627 g/mol. The Balaban J connectivity index is 1.45. The highest BCUT2D eigenvalue weighted by molar-refractivity contribution is 7.89. The molecule has 5 rings (SSSR count). The summed E-state index contributed by atoms with van der Waals surface area (Å²) >= 11 is -1.21. The molecule has 2 aliphatic rings. The van der Waals surface area contributed by atoms with Crippen LogP contribution in [0.3, 0.4) is 0 Å². The van der Waals surface area contributed by atoms with Crippen molar-refractivity contribution in [3.63, 3.8) is 0 Å². The van der Waals surface area contributed by atoms with Gasteiger partial charge in [-0.2, -0.15) is 0 Å². The van der Waals surface area contributed by atoms with Gasteiger partial charge in [0.1, 0.15) is 11.4 Å². The maximum Gasteiger partial charge on any atom is 0.270 e. The number of hydrogen-bond donors (Lipinski definition) is 2. The van der Waals surface area contributed by atoms with Gasteiger partial charge in [0.25, 0.3) is 5.91 Å². The second-order valence-electron chi connectivity index (χ2n) is 12.2. The van der Waals surface area contributed by atoms with E-state index in [9.17, 15) is 14.5 Å². The van der Waals surface area contributed by atoms with Crippen molar-refractivity contribution in [2.75, 3.05) is 46.1 Å². The smallest absolute Gasteiger partial charge is 0.270 e. The molecule has 238 valence electrons. The Bertz CT molecular complexity index is 1510. The first kappa shape index (κ1) is 33.1. The van der Waals surface area contributed by atoms with E-state index in [0.717, 1.165) is 61.2 Å². The van der Waals surface area contributed by atoms with Crippen molar-refractivity contribution in [1.29, 1.82) is 0 Å². The minimum absolute atomic E-state index is 0.0372. The highest BCUT2D eigenvalue weighted by Crippen LogP contribution is 2.43. The average Bonchev–Trinajstić information content (AvgIpc) is 3.64. The summed E-state index contributed by atoms with van der Waals surface area (Å²) in [5.74, 6) is 6.82. The van der Waals surface area contributed by atoms with E-state index >= 15 is 0 Å². The van der Waals surface area contributed by atoms with E-state index in [2.05, 4.69) is 53.2 Å². The molecule has 3 aromatic rings. The number of amides is 1. The summed E-state index contributed by atoms with van der Waals surface area (Å²) < 4.78 is 15.4. The zero-order valence-electron chi connectivity index (χ0n) is 26.7. The lowest BCUT2D eigenvalue weighted by Gasteiger charge is -2.26. The van der Waals surface area contributed by atoms with Crippen LogP contribution in [0.1, 0.15) is 71.4 Å². The molecule has 0 unspecified atom stereocenters. The Morgan fingerprint density at radius 1 is 1.18 bits per heavy atom. The second-order valence-corrected chi connectivity index (χ2v) is 13.7. The third-order valence-electron chi connectivity index (χ3n) is 8.34. The molecule has 2 aliphatic heterocycles. The van der Waals surface area contributed by atoms with Gasteiger partial charge >= 0.3 is 0 Å². The van der Waals surface area contributed by atoms with E-state index in [1.54, 1.807) is 0 Å². The van der Waals surface area contributed by atoms with Crippen LogP contribution < -0.4 is 5.32 Å². The first-order valence-electron chi connectivity index (χ1n) is 16.0. The van der Waals surface area contributed by atoms with E-state index in [-0.39, 0.29) is 24.6 Å². The highest BCUT2D eigenvalue weighted by Gasteiger charge is 2.40. The Kier molecular flexibility index (Phi) is 11.7. The molecule has 0 saturated carbocycles. The standard InChI is InChI=1S/C36H45N5O3S/c1-4-5-21-45(44)41-25-30-23-32(36(43)37-31-16-19-40(26-31)24-28-11-7-6-8-12-28)38-35(34(30)33(41)17-20-42)29-15-9-13-27(22-29)14-10-18-39(2)3/h6-9,11-13,15,22-23,31,33,42H,4-5,16-21,24-26H2,1-3H3,(H,37,43)/t31-,33+,45+/m0/s1. The minimum Gasteiger partial charge on any atom is -0.598 e. The summed E-state index contributed by atoms with van der Waals surface area (Å²) in [7, 11) is 3.97. The third kappa shape index (κ3) is 8.53. The normalized spacial score (nSPS) is 18.9. The number of benzene rings is 2. The number of aromatic nitrogens is 1. The summed E-state index contributed by atoms with van der Waals surface area (Å²) in [6, 6.07) is 20.0. The van der Waals surface area contributed by atoms with Gasteiger partial charge in [-0.05, 0) is 62.7 Å². The minimum atomic E-state index is -1.21. The van der Waals surface area contributed by atoms with Crippen molar-refractivity contribution in [1.82, 2.24) is 24.4 Å². The number of carbonyl (C=O) groups is 1. The molecule has 2 aromatic carbocycles. The SMILES string of the molecule is CCCC[S@@+]([O-])N1Cc2cc(C(=O)N[C@H]3CCN(Cc4ccccc4)C3)nc(-c3cccc(C#CCN(C)C)c3)c2[C@H]1CCO. The van der Waals surface area contributed by atoms with Gasteiger partial charge in [0, 0.05) is 60.3 Å². The van der Waals surface area contributed by atoms with Crippen LogP contribution in [0.15, 0.2) is 60.7 Å². The first-order chi connectivity index (χ1) is 21.9. The van der Waals surface area contributed by atoms with E-state index in [1.807, 2.05) is 59.7 Å². The van der Waals surface area contributed by atoms with Crippen LogP contribution >= 0.6 is 0 Å². The third-order valence-corrected chi connectivity index (χ3v) is 9.89. The summed E-state index contributed by atoms with van der Waals surface area (Å²) in [5, 5.41) is 13.3. The predicted octanol–water partition coefficient (Wildman–Crippen LogP) is 4.37. The fraction of sp³-hybridized carbons (Fsp3) is 0.444. The second kappa shape index (κ2) is 15.9. The van der Waals surface area contributed by atoms with Crippen molar-refractivity contribution in [2.45, 2.75) is 57.8 Å². The van der Waals surface area contributed by atoms with Crippen molar-refractivity contribution in [3.05, 3.63) is 88.6 Å². The van der Waals surface area contributed by atoms with Crippen LogP contribution in [0.5, 0.6) is 0 Å². The molecule has 0 aliphatic carbocycles. The van der Waals surface area contributed by atoms with E-state index in [4.69, 9.17) is 4.98 Å². The van der Waals surface area contributed by atoms with Gasteiger partial charge in [-0.15, -0.1) is 4.31 Å². The lowest BCUT2D eigenvalue weighted by Crippen LogP contribution is -2.37. The molecule has 1 saturated heterocycles. The highest BCUT2D eigenvalue weighted by atomic mass is 32.2. The Morgan fingerprint density at radius 3 is 2.76 bits per heavy atom. The van der Waals surface area contributed by atoms with Gasteiger partial charge in [-0.25, -0.2) is 4.98 Å². The molecule has 45 heavy (non-hydrogen) atoms. The number of aliphatic hydroxyl groups excluding tert-OH is 1. The first-order valence-corrected chi connectivity index (χ1v) is 17.2. The number of nitrogens with zero attached hydrogens (tertiary/aromatic N) is 4. The molecule has 2 N–H and O–H groups in total. The number of hydrogen-bond acceptors (Lipinski definition) is 7. The van der Waals surface area contributed by atoms with Crippen LogP contribution in [0.25, 0.3) is 11.3 Å². The molecule has 1 amide bonds. The molecule has 0 radical (unpaired) electrons. The largest absolute Gasteiger partial charge is 0.598 e. The molecule has 3 heterocycles. The molecule has 0 bridgehead atoms. The number of fused-ring (bicyclic) bond motifs is 1. The maximum absolute atomic E-state index is 13.8. The zero-order chi connectivity index (χ0) is 31.8. The number of nitrogens with one attached hydrogen (secondary N) is 1. The number of carbonyl (C=O) groups excluding carboxylic acids is 1. The fourth-order valence-electron chi connectivity index (χ4n) is 6.12. The average molecular weight is 628 g/mol. The quantitative estimate of drug-likeness (QED) is 0.228. The van der Waals surface area contributed by atoms with E-state index < -0.39 is 11.4 Å². The Hall–Kier alpha value is -3.23. The van der Waals surface area contributed by atoms with Crippen LogP contribution in [0, 0.1) is 11.8 Å². The number of pyridine rings is 1. The Morgan fingerprint density at radius 2 is 2.00 bits per heavy atom. The van der Waals surface area contributed by atoms with Gasteiger partial charge in [0.15, 0.2) is 0 Å². The van der Waals surface area contributed by atoms with E-state index in [0.29, 0.717) is 36.7 Å². The van der Waals surface area contributed by atoms with Crippen LogP contribution in [-0.2, 0) is 24.5 Å². The molecule has 3 atom stereocenters. The lowest BCUT2D eigenvalue weighted by molar-refractivity contribution is 0.0932. The summed E-state index contributed by atoms with van der Waals surface area (Å²) in [6.45, 7) is 5.72. The fourth-order valence-corrected chi connectivity index (χ4v) is 7.67. The van der Waals surface area contributed by atoms with Gasteiger partial charge < -0.3 is 15.0 Å². The molecular weight excluding hydrogens is 582 g/mol. The summed E-state index contributed by atoms with van der Waals surface area (Å²) in [5.41, 5.74) is 5.92. The summed E-state index contributed by atoms with van der Waals surface area (Å²) in [4.78, 5) is 23.1. The predicted molar refractivity (Wildman–Crippen MR) is 181 cm³/mol. The lowest BCUT2D eigenvalue weighted by atomic mass is 9.95. The topological polar surface area (TPSA) is 95.0 Å².